The van der Waals surface area contributed by atoms with Gasteiger partial charge in [0.2, 0.25) is 0 Å². The summed E-state index contributed by atoms with van der Waals surface area (Å²) in [5.41, 5.74) is 6.76. The minimum absolute atomic E-state index is 0.307. The Hall–Kier alpha value is -1.67. The van der Waals surface area contributed by atoms with Crippen LogP contribution in [0, 0.1) is 40.4 Å². The number of rotatable bonds is 2. The quantitative estimate of drug-likeness (QED) is 0.856. The molecule has 0 heterocycles. The molecule has 106 valence electrons. The molecule has 0 aliphatic rings. The fourth-order valence-electron chi connectivity index (χ4n) is 2.75. The lowest BCUT2D eigenvalue weighted by Gasteiger charge is -2.21. The molecule has 2 aromatic rings. The SMILES string of the molecule is Cc1cc(F)cc(C(O)c2c(C)c(C)cc(C)c2C)c1. The highest BCUT2D eigenvalue weighted by molar-refractivity contribution is 5.48. The van der Waals surface area contributed by atoms with Crippen molar-refractivity contribution in [2.75, 3.05) is 0 Å². The van der Waals surface area contributed by atoms with Gasteiger partial charge in [0.05, 0.1) is 0 Å². The maximum atomic E-state index is 13.6. The molecular weight excluding hydrogens is 251 g/mol. The first-order valence-electron chi connectivity index (χ1n) is 6.83. The van der Waals surface area contributed by atoms with Gasteiger partial charge in [-0.05, 0) is 85.7 Å². The number of hydrogen-bond acceptors (Lipinski definition) is 1. The average molecular weight is 272 g/mol. The van der Waals surface area contributed by atoms with Gasteiger partial charge in [-0.1, -0.05) is 12.1 Å². The van der Waals surface area contributed by atoms with Crippen molar-refractivity contribution < 1.29 is 9.50 Å². The van der Waals surface area contributed by atoms with Crippen molar-refractivity contribution in [3.63, 3.8) is 0 Å². The Kier molecular flexibility index (Phi) is 3.96. The summed E-state index contributed by atoms with van der Waals surface area (Å²) in [6.07, 6.45) is -0.789. The molecule has 1 nitrogen and oxygen atoms in total. The Bertz CT molecular complexity index is 612. The van der Waals surface area contributed by atoms with Gasteiger partial charge in [-0.25, -0.2) is 4.39 Å². The summed E-state index contributed by atoms with van der Waals surface area (Å²) in [5.74, 6) is -0.307. The average Bonchev–Trinajstić information content (AvgIpc) is 2.35. The number of halogens is 1. The van der Waals surface area contributed by atoms with E-state index in [1.54, 1.807) is 0 Å². The summed E-state index contributed by atoms with van der Waals surface area (Å²) < 4.78 is 13.6. The highest BCUT2D eigenvalue weighted by Crippen LogP contribution is 2.32. The molecule has 2 rings (SSSR count). The number of benzene rings is 2. The van der Waals surface area contributed by atoms with Crippen LogP contribution in [0.2, 0.25) is 0 Å². The normalized spacial score (nSPS) is 12.6. The molecule has 0 radical (unpaired) electrons. The van der Waals surface area contributed by atoms with Crippen LogP contribution in [-0.2, 0) is 0 Å². The third-order valence-electron chi connectivity index (χ3n) is 4.08. The van der Waals surface area contributed by atoms with Gasteiger partial charge in [0.15, 0.2) is 0 Å². The molecular formula is C18H21FO. The lowest BCUT2D eigenvalue weighted by molar-refractivity contribution is 0.218. The van der Waals surface area contributed by atoms with Crippen LogP contribution in [0.3, 0.4) is 0 Å². The maximum Gasteiger partial charge on any atom is 0.123 e. The van der Waals surface area contributed by atoms with E-state index >= 15 is 0 Å². The molecule has 2 aromatic carbocycles. The molecule has 0 aromatic heterocycles. The van der Waals surface area contributed by atoms with Crippen LogP contribution < -0.4 is 0 Å². The lowest BCUT2D eigenvalue weighted by Crippen LogP contribution is -2.08. The van der Waals surface area contributed by atoms with E-state index in [9.17, 15) is 9.50 Å². The predicted octanol–water partition coefficient (Wildman–Crippen LogP) is 4.45. The van der Waals surface area contributed by atoms with Crippen LogP contribution in [0.25, 0.3) is 0 Å². The van der Waals surface area contributed by atoms with Crippen molar-refractivity contribution in [1.29, 1.82) is 0 Å². The summed E-state index contributed by atoms with van der Waals surface area (Å²) in [6, 6.07) is 6.84. The summed E-state index contributed by atoms with van der Waals surface area (Å²) in [6.45, 7) is 9.92. The van der Waals surface area contributed by atoms with Crippen molar-refractivity contribution in [3.05, 3.63) is 69.0 Å². The topological polar surface area (TPSA) is 20.2 Å². The lowest BCUT2D eigenvalue weighted by atomic mass is 9.88. The monoisotopic (exact) mass is 272 g/mol. The molecule has 0 aliphatic carbocycles. The molecule has 0 bridgehead atoms. The zero-order valence-corrected chi connectivity index (χ0v) is 12.7. The fraction of sp³-hybridized carbons (Fsp3) is 0.333. The van der Waals surface area contributed by atoms with Crippen molar-refractivity contribution in [2.24, 2.45) is 0 Å². The van der Waals surface area contributed by atoms with Gasteiger partial charge in [0.1, 0.15) is 11.9 Å². The van der Waals surface area contributed by atoms with E-state index in [-0.39, 0.29) is 5.82 Å². The van der Waals surface area contributed by atoms with E-state index in [0.29, 0.717) is 5.56 Å². The van der Waals surface area contributed by atoms with Crippen LogP contribution >= 0.6 is 0 Å². The number of aryl methyl sites for hydroxylation is 3. The second-order valence-electron chi connectivity index (χ2n) is 5.64. The smallest absolute Gasteiger partial charge is 0.123 e. The molecule has 20 heavy (non-hydrogen) atoms. The van der Waals surface area contributed by atoms with Gasteiger partial charge < -0.3 is 5.11 Å². The minimum atomic E-state index is -0.789. The number of aliphatic hydroxyl groups is 1. The van der Waals surface area contributed by atoms with E-state index < -0.39 is 6.10 Å². The second-order valence-corrected chi connectivity index (χ2v) is 5.64. The Labute approximate surface area is 120 Å². The Balaban J connectivity index is 2.61. The first-order chi connectivity index (χ1) is 9.31. The zero-order valence-electron chi connectivity index (χ0n) is 12.7. The van der Waals surface area contributed by atoms with Crippen LogP contribution in [0.1, 0.15) is 45.0 Å². The van der Waals surface area contributed by atoms with Crippen LogP contribution in [0.5, 0.6) is 0 Å². The summed E-state index contributed by atoms with van der Waals surface area (Å²) >= 11 is 0. The van der Waals surface area contributed by atoms with E-state index in [0.717, 1.165) is 33.4 Å². The maximum absolute atomic E-state index is 13.6. The molecule has 0 aliphatic heterocycles. The molecule has 2 heteroatoms. The molecule has 0 fully saturated rings. The summed E-state index contributed by atoms with van der Waals surface area (Å²) in [4.78, 5) is 0. The molecule has 0 spiro atoms. The van der Waals surface area contributed by atoms with Crippen molar-refractivity contribution in [1.82, 2.24) is 0 Å². The highest BCUT2D eigenvalue weighted by Gasteiger charge is 2.19. The Morgan fingerprint density at radius 2 is 1.40 bits per heavy atom. The summed E-state index contributed by atoms with van der Waals surface area (Å²) in [7, 11) is 0. The molecule has 1 atom stereocenters. The molecule has 1 unspecified atom stereocenters. The van der Waals surface area contributed by atoms with Crippen molar-refractivity contribution in [3.8, 4) is 0 Å². The molecule has 1 N–H and O–H groups in total. The Morgan fingerprint density at radius 1 is 0.850 bits per heavy atom. The van der Waals surface area contributed by atoms with Crippen LogP contribution in [-0.4, -0.2) is 5.11 Å². The van der Waals surface area contributed by atoms with Crippen molar-refractivity contribution in [2.45, 2.75) is 40.7 Å². The van der Waals surface area contributed by atoms with Gasteiger partial charge >= 0.3 is 0 Å². The highest BCUT2D eigenvalue weighted by atomic mass is 19.1. The van der Waals surface area contributed by atoms with Gasteiger partial charge in [0.25, 0.3) is 0 Å². The number of hydrogen-bond donors (Lipinski definition) is 1. The van der Waals surface area contributed by atoms with Gasteiger partial charge in [0, 0.05) is 0 Å². The van der Waals surface area contributed by atoms with E-state index in [1.807, 2.05) is 40.7 Å². The third-order valence-corrected chi connectivity index (χ3v) is 4.08. The first-order valence-corrected chi connectivity index (χ1v) is 6.83. The molecule has 0 saturated heterocycles. The molecule has 0 saturated carbocycles. The number of aliphatic hydroxyl groups excluding tert-OH is 1. The largest absolute Gasteiger partial charge is 0.384 e. The third kappa shape index (κ3) is 2.61. The van der Waals surface area contributed by atoms with E-state index in [1.165, 1.54) is 12.1 Å². The van der Waals surface area contributed by atoms with Crippen LogP contribution in [0.15, 0.2) is 24.3 Å². The predicted molar refractivity (Wildman–Crippen MR) is 80.6 cm³/mol. The zero-order chi connectivity index (χ0) is 15.0. The molecule has 0 amide bonds. The summed E-state index contributed by atoms with van der Waals surface area (Å²) in [5, 5.41) is 10.7. The van der Waals surface area contributed by atoms with E-state index in [4.69, 9.17) is 0 Å². The van der Waals surface area contributed by atoms with Gasteiger partial charge in [-0.15, -0.1) is 0 Å². The second kappa shape index (κ2) is 5.37. The Morgan fingerprint density at radius 3 is 1.90 bits per heavy atom. The van der Waals surface area contributed by atoms with Gasteiger partial charge in [-0.2, -0.15) is 0 Å². The minimum Gasteiger partial charge on any atom is -0.384 e. The van der Waals surface area contributed by atoms with E-state index in [2.05, 4.69) is 6.07 Å². The fourth-order valence-corrected chi connectivity index (χ4v) is 2.75. The first kappa shape index (κ1) is 14.7. The van der Waals surface area contributed by atoms with Crippen LogP contribution in [0.4, 0.5) is 4.39 Å². The standard InChI is InChI=1S/C18H21FO/c1-10-6-15(9-16(19)7-10)18(20)17-13(4)11(2)8-12(3)14(17)5/h6-9,18,20H,1-5H3. The van der Waals surface area contributed by atoms with Crippen molar-refractivity contribution >= 4 is 0 Å². The van der Waals surface area contributed by atoms with Gasteiger partial charge in [-0.3, -0.25) is 0 Å².